The summed E-state index contributed by atoms with van der Waals surface area (Å²) in [7, 11) is 1.91. The number of carbonyl (C=O) groups is 1. The molecule has 1 atom stereocenters. The first-order valence-electron chi connectivity index (χ1n) is 6.59. The van der Waals surface area contributed by atoms with Gasteiger partial charge in [-0.2, -0.15) is 0 Å². The molecule has 1 unspecified atom stereocenters. The van der Waals surface area contributed by atoms with Gasteiger partial charge in [0.25, 0.3) is 0 Å². The molecule has 1 aromatic rings. The van der Waals surface area contributed by atoms with Crippen LogP contribution in [0.25, 0.3) is 0 Å². The zero-order valence-electron chi connectivity index (χ0n) is 11.2. The summed E-state index contributed by atoms with van der Waals surface area (Å²) in [6.07, 6.45) is 1.88. The number of anilines is 1. The molecular weight excluding hydrogens is 262 g/mol. The van der Waals surface area contributed by atoms with E-state index >= 15 is 0 Å². The van der Waals surface area contributed by atoms with Gasteiger partial charge in [0.05, 0.1) is 5.92 Å². The number of primary amides is 1. The number of halogens is 1. The number of amides is 1. The topological polar surface area (TPSA) is 58.4 Å². The molecule has 0 spiro atoms. The SMILES string of the molecule is CNCc1cc(Cl)ccc1N1CCCC(C(N)=O)C1. The van der Waals surface area contributed by atoms with Crippen molar-refractivity contribution >= 4 is 23.2 Å². The van der Waals surface area contributed by atoms with E-state index in [4.69, 9.17) is 17.3 Å². The average molecular weight is 282 g/mol. The summed E-state index contributed by atoms with van der Waals surface area (Å²) >= 11 is 6.05. The van der Waals surface area contributed by atoms with Crippen LogP contribution in [-0.4, -0.2) is 26.0 Å². The van der Waals surface area contributed by atoms with Crippen molar-refractivity contribution in [2.24, 2.45) is 11.7 Å². The highest BCUT2D eigenvalue weighted by atomic mass is 35.5. The van der Waals surface area contributed by atoms with Gasteiger partial charge >= 0.3 is 0 Å². The zero-order chi connectivity index (χ0) is 13.8. The van der Waals surface area contributed by atoms with E-state index in [0.29, 0.717) is 6.54 Å². The summed E-state index contributed by atoms with van der Waals surface area (Å²) in [6.45, 7) is 2.42. The Hall–Kier alpha value is -1.26. The van der Waals surface area contributed by atoms with E-state index in [1.165, 1.54) is 0 Å². The fourth-order valence-electron chi connectivity index (χ4n) is 2.62. The minimum absolute atomic E-state index is 0.0492. The molecule has 0 aromatic heterocycles. The molecular formula is C14H20ClN3O. The van der Waals surface area contributed by atoms with E-state index in [-0.39, 0.29) is 11.8 Å². The summed E-state index contributed by atoms with van der Waals surface area (Å²) in [5.41, 5.74) is 7.73. The number of rotatable bonds is 4. The lowest BCUT2D eigenvalue weighted by Crippen LogP contribution is -2.41. The highest BCUT2D eigenvalue weighted by Gasteiger charge is 2.25. The Balaban J connectivity index is 2.22. The van der Waals surface area contributed by atoms with Crippen LogP contribution < -0.4 is 16.0 Å². The van der Waals surface area contributed by atoms with E-state index < -0.39 is 0 Å². The first kappa shape index (κ1) is 14.2. The minimum Gasteiger partial charge on any atom is -0.370 e. The summed E-state index contributed by atoms with van der Waals surface area (Å²) in [5.74, 6) is -0.249. The van der Waals surface area contributed by atoms with Crippen LogP contribution >= 0.6 is 11.6 Å². The van der Waals surface area contributed by atoms with Crippen LogP contribution in [0.4, 0.5) is 5.69 Å². The fraction of sp³-hybridized carbons (Fsp3) is 0.500. The van der Waals surface area contributed by atoms with Crippen LogP contribution in [0.1, 0.15) is 18.4 Å². The Morgan fingerprint density at radius 3 is 3.05 bits per heavy atom. The molecule has 4 nitrogen and oxygen atoms in total. The Morgan fingerprint density at radius 1 is 1.58 bits per heavy atom. The molecule has 19 heavy (non-hydrogen) atoms. The Morgan fingerprint density at radius 2 is 2.37 bits per heavy atom. The quantitative estimate of drug-likeness (QED) is 0.884. The van der Waals surface area contributed by atoms with Gasteiger partial charge in [-0.1, -0.05) is 11.6 Å². The van der Waals surface area contributed by atoms with Crippen LogP contribution in [0.2, 0.25) is 5.02 Å². The van der Waals surface area contributed by atoms with E-state index in [9.17, 15) is 4.79 Å². The van der Waals surface area contributed by atoms with Crippen LogP contribution in [0.3, 0.4) is 0 Å². The molecule has 0 aliphatic carbocycles. The lowest BCUT2D eigenvalue weighted by molar-refractivity contribution is -0.122. The van der Waals surface area contributed by atoms with Crippen LogP contribution in [-0.2, 0) is 11.3 Å². The number of hydrogen-bond donors (Lipinski definition) is 2. The molecule has 2 rings (SSSR count). The van der Waals surface area contributed by atoms with Crippen molar-refractivity contribution in [1.82, 2.24) is 5.32 Å². The van der Waals surface area contributed by atoms with E-state index in [1.54, 1.807) is 0 Å². The van der Waals surface area contributed by atoms with Gasteiger partial charge in [0.2, 0.25) is 5.91 Å². The largest absolute Gasteiger partial charge is 0.370 e. The smallest absolute Gasteiger partial charge is 0.222 e. The maximum Gasteiger partial charge on any atom is 0.222 e. The van der Waals surface area contributed by atoms with Crippen molar-refractivity contribution < 1.29 is 4.79 Å². The second kappa shape index (κ2) is 6.26. The molecule has 1 aliphatic heterocycles. The molecule has 1 aliphatic rings. The predicted octanol–water partition coefficient (Wildman–Crippen LogP) is 1.76. The van der Waals surface area contributed by atoms with Crippen LogP contribution in [0.5, 0.6) is 0 Å². The third-order valence-corrected chi connectivity index (χ3v) is 3.81. The minimum atomic E-state index is -0.200. The van der Waals surface area contributed by atoms with E-state index in [0.717, 1.165) is 42.2 Å². The van der Waals surface area contributed by atoms with Gasteiger partial charge in [0.1, 0.15) is 0 Å². The first-order chi connectivity index (χ1) is 9.11. The number of nitrogens with zero attached hydrogens (tertiary/aromatic N) is 1. The molecule has 1 amide bonds. The second-order valence-electron chi connectivity index (χ2n) is 4.99. The van der Waals surface area contributed by atoms with Gasteiger partial charge in [0.15, 0.2) is 0 Å². The van der Waals surface area contributed by atoms with Crippen molar-refractivity contribution in [3.8, 4) is 0 Å². The van der Waals surface area contributed by atoms with Gasteiger partial charge < -0.3 is 16.0 Å². The van der Waals surface area contributed by atoms with Crippen molar-refractivity contribution in [3.05, 3.63) is 28.8 Å². The Kier molecular flexibility index (Phi) is 4.66. The van der Waals surface area contributed by atoms with Gasteiger partial charge in [-0.3, -0.25) is 4.79 Å². The van der Waals surface area contributed by atoms with E-state index in [1.807, 2.05) is 25.2 Å². The highest BCUT2D eigenvalue weighted by Crippen LogP contribution is 2.28. The highest BCUT2D eigenvalue weighted by molar-refractivity contribution is 6.30. The molecule has 5 heteroatoms. The third-order valence-electron chi connectivity index (χ3n) is 3.57. The monoisotopic (exact) mass is 281 g/mol. The van der Waals surface area contributed by atoms with E-state index in [2.05, 4.69) is 10.2 Å². The molecule has 0 bridgehead atoms. The van der Waals surface area contributed by atoms with Crippen molar-refractivity contribution in [1.29, 1.82) is 0 Å². The van der Waals surface area contributed by atoms with Gasteiger partial charge in [-0.05, 0) is 43.7 Å². The van der Waals surface area contributed by atoms with Crippen molar-refractivity contribution in [3.63, 3.8) is 0 Å². The molecule has 1 saturated heterocycles. The number of piperidine rings is 1. The Bertz CT molecular complexity index is 464. The van der Waals surface area contributed by atoms with Crippen molar-refractivity contribution in [2.45, 2.75) is 19.4 Å². The maximum absolute atomic E-state index is 11.4. The summed E-state index contributed by atoms with van der Waals surface area (Å²) in [5, 5.41) is 3.88. The fourth-order valence-corrected chi connectivity index (χ4v) is 2.82. The van der Waals surface area contributed by atoms with Gasteiger partial charge in [-0.15, -0.1) is 0 Å². The molecule has 104 valence electrons. The summed E-state index contributed by atoms with van der Waals surface area (Å²) in [4.78, 5) is 13.6. The van der Waals surface area contributed by atoms with Gasteiger partial charge in [-0.25, -0.2) is 0 Å². The normalized spacial score (nSPS) is 19.5. The molecule has 1 heterocycles. The summed E-state index contributed by atoms with van der Waals surface area (Å²) < 4.78 is 0. The average Bonchev–Trinajstić information content (AvgIpc) is 2.39. The van der Waals surface area contributed by atoms with Crippen LogP contribution in [0, 0.1) is 5.92 Å². The second-order valence-corrected chi connectivity index (χ2v) is 5.43. The van der Waals surface area contributed by atoms with Gasteiger partial charge in [0, 0.05) is 30.3 Å². The number of nitrogens with two attached hydrogens (primary N) is 1. The lowest BCUT2D eigenvalue weighted by Gasteiger charge is -2.34. The number of nitrogens with one attached hydrogen (secondary N) is 1. The zero-order valence-corrected chi connectivity index (χ0v) is 11.9. The number of benzene rings is 1. The third kappa shape index (κ3) is 3.39. The molecule has 1 fully saturated rings. The van der Waals surface area contributed by atoms with Crippen LogP contribution in [0.15, 0.2) is 18.2 Å². The first-order valence-corrected chi connectivity index (χ1v) is 6.97. The predicted molar refractivity (Wildman–Crippen MR) is 78.3 cm³/mol. The standard InChI is InChI=1S/C14H20ClN3O/c1-17-8-11-7-12(15)4-5-13(11)18-6-2-3-10(9-18)14(16)19/h4-5,7,10,17H,2-3,6,8-9H2,1H3,(H2,16,19). The molecule has 0 saturated carbocycles. The lowest BCUT2D eigenvalue weighted by atomic mass is 9.96. The van der Waals surface area contributed by atoms with Crippen molar-refractivity contribution in [2.75, 3.05) is 25.0 Å². The number of carbonyl (C=O) groups excluding carboxylic acids is 1. The molecule has 0 radical (unpaired) electrons. The molecule has 1 aromatic carbocycles. The Labute approximate surface area is 118 Å². The molecule has 3 N–H and O–H groups in total. The summed E-state index contributed by atoms with van der Waals surface area (Å²) in [6, 6.07) is 5.89. The number of hydrogen-bond acceptors (Lipinski definition) is 3. The maximum atomic E-state index is 11.4.